The van der Waals surface area contributed by atoms with E-state index in [1.54, 1.807) is 6.20 Å². The lowest BCUT2D eigenvalue weighted by molar-refractivity contribution is -0.133. The number of thioether (sulfide) groups is 1. The van der Waals surface area contributed by atoms with Gasteiger partial charge < -0.3 is 5.11 Å². The molecule has 7 heteroatoms. The van der Waals surface area contributed by atoms with Gasteiger partial charge in [-0.05, 0) is 40.0 Å². The molecule has 1 aromatic heterocycles. The number of hydrogen-bond donors (Lipinski definition) is 1. The number of benzene rings is 1. The van der Waals surface area contributed by atoms with Gasteiger partial charge in [0.1, 0.15) is 0 Å². The molecule has 112 valence electrons. The topological polar surface area (TPSA) is 55.1 Å². The van der Waals surface area contributed by atoms with Gasteiger partial charge in [-0.3, -0.25) is 9.36 Å². The van der Waals surface area contributed by atoms with Crippen molar-refractivity contribution in [3.8, 4) is 5.69 Å². The van der Waals surface area contributed by atoms with Crippen LogP contribution in [0.25, 0.3) is 5.69 Å². The molecular weight excluding hydrogens is 376 g/mol. The van der Waals surface area contributed by atoms with Gasteiger partial charge >= 0.3 is 5.97 Å². The van der Waals surface area contributed by atoms with Crippen LogP contribution in [0.4, 0.5) is 0 Å². The van der Waals surface area contributed by atoms with Crippen LogP contribution < -0.4 is 0 Å². The van der Waals surface area contributed by atoms with Crippen LogP contribution in [-0.2, 0) is 4.79 Å². The van der Waals surface area contributed by atoms with E-state index >= 15 is 0 Å². The van der Waals surface area contributed by atoms with E-state index in [9.17, 15) is 4.79 Å². The Morgan fingerprint density at radius 1 is 1.52 bits per heavy atom. The molecule has 0 amide bonds. The molecule has 0 spiro atoms. The van der Waals surface area contributed by atoms with Crippen molar-refractivity contribution in [1.29, 1.82) is 0 Å². The van der Waals surface area contributed by atoms with Crippen LogP contribution in [0, 0.1) is 0 Å². The minimum Gasteiger partial charge on any atom is -0.481 e. The molecule has 0 bridgehead atoms. The predicted molar refractivity (Wildman–Crippen MR) is 88.7 cm³/mol. The van der Waals surface area contributed by atoms with Crippen LogP contribution in [0.15, 0.2) is 34.0 Å². The normalized spacial score (nSPS) is 11.1. The lowest BCUT2D eigenvalue weighted by Gasteiger charge is -2.14. The molecule has 0 atom stereocenters. The van der Waals surface area contributed by atoms with E-state index in [4.69, 9.17) is 16.7 Å². The van der Waals surface area contributed by atoms with Gasteiger partial charge in [-0.15, -0.1) is 0 Å². The quantitative estimate of drug-likeness (QED) is 0.760. The first-order valence-electron chi connectivity index (χ1n) is 6.27. The van der Waals surface area contributed by atoms with Gasteiger partial charge in [0, 0.05) is 15.9 Å². The molecule has 0 aliphatic heterocycles. The van der Waals surface area contributed by atoms with Gasteiger partial charge in [-0.2, -0.15) is 0 Å². The van der Waals surface area contributed by atoms with Crippen molar-refractivity contribution < 1.29 is 9.90 Å². The largest absolute Gasteiger partial charge is 0.481 e. The summed E-state index contributed by atoms with van der Waals surface area (Å²) in [6.45, 7) is 4.14. The van der Waals surface area contributed by atoms with Gasteiger partial charge in [0.2, 0.25) is 0 Å². The van der Waals surface area contributed by atoms with E-state index < -0.39 is 5.97 Å². The number of rotatable bonds is 5. The lowest BCUT2D eigenvalue weighted by Crippen LogP contribution is -2.05. The number of aromatic nitrogens is 2. The van der Waals surface area contributed by atoms with Gasteiger partial charge in [0.05, 0.1) is 17.0 Å². The highest BCUT2D eigenvalue weighted by atomic mass is 79.9. The van der Waals surface area contributed by atoms with E-state index in [0.717, 1.165) is 15.9 Å². The second kappa shape index (κ2) is 6.85. The number of imidazole rings is 1. The summed E-state index contributed by atoms with van der Waals surface area (Å²) in [6, 6.07) is 5.63. The second-order valence-electron chi connectivity index (χ2n) is 4.74. The molecule has 0 aliphatic carbocycles. The predicted octanol–water partition coefficient (Wildman–Crippen LogP) is 4.59. The summed E-state index contributed by atoms with van der Waals surface area (Å²) in [6.07, 6.45) is 1.78. The second-order valence-corrected chi connectivity index (χ2v) is 6.94. The highest BCUT2D eigenvalue weighted by Gasteiger charge is 2.16. The van der Waals surface area contributed by atoms with Crippen molar-refractivity contribution in [3.63, 3.8) is 0 Å². The molecule has 0 fully saturated rings. The first-order chi connectivity index (χ1) is 9.90. The number of hydrogen-bond acceptors (Lipinski definition) is 3. The number of carboxylic acid groups (broad SMARTS) is 1. The van der Waals surface area contributed by atoms with Crippen LogP contribution in [0.1, 0.15) is 25.5 Å². The Kier molecular flexibility index (Phi) is 5.35. The monoisotopic (exact) mass is 388 g/mol. The van der Waals surface area contributed by atoms with Crippen LogP contribution in [-0.4, -0.2) is 26.4 Å². The van der Waals surface area contributed by atoms with Gasteiger partial charge in [-0.1, -0.05) is 37.2 Å². The first kappa shape index (κ1) is 16.4. The minimum absolute atomic E-state index is 0.0290. The molecule has 0 aliphatic rings. The van der Waals surface area contributed by atoms with Gasteiger partial charge in [0.15, 0.2) is 5.16 Å². The number of halogens is 2. The third-order valence-corrected chi connectivity index (χ3v) is 5.00. The smallest absolute Gasteiger partial charge is 0.313 e. The van der Waals surface area contributed by atoms with Crippen LogP contribution in [0.5, 0.6) is 0 Å². The van der Waals surface area contributed by atoms with Crippen molar-refractivity contribution in [3.05, 3.63) is 39.6 Å². The van der Waals surface area contributed by atoms with E-state index in [0.29, 0.717) is 10.2 Å². The molecule has 1 aromatic carbocycles. The highest BCUT2D eigenvalue weighted by Crippen LogP contribution is 2.31. The summed E-state index contributed by atoms with van der Waals surface area (Å²) < 4.78 is 2.77. The van der Waals surface area contributed by atoms with E-state index in [1.165, 1.54) is 11.8 Å². The number of carbonyl (C=O) groups is 1. The maximum absolute atomic E-state index is 10.8. The highest BCUT2D eigenvalue weighted by molar-refractivity contribution is 9.10. The average molecular weight is 390 g/mol. The summed E-state index contributed by atoms with van der Waals surface area (Å²) in [7, 11) is 0. The van der Waals surface area contributed by atoms with Crippen LogP contribution in [0.3, 0.4) is 0 Å². The Balaban J connectivity index is 2.49. The van der Waals surface area contributed by atoms with Crippen molar-refractivity contribution >= 4 is 45.3 Å². The van der Waals surface area contributed by atoms with E-state index in [2.05, 4.69) is 34.8 Å². The zero-order valence-electron chi connectivity index (χ0n) is 11.5. The summed E-state index contributed by atoms with van der Waals surface area (Å²) in [5.41, 5.74) is 1.89. The Hall–Kier alpha value is -0.980. The molecule has 2 rings (SSSR count). The Bertz CT molecular complexity index is 673. The summed E-state index contributed by atoms with van der Waals surface area (Å²) in [5, 5.41) is 10.1. The molecule has 0 saturated heterocycles. The molecule has 1 heterocycles. The maximum Gasteiger partial charge on any atom is 0.313 e. The average Bonchev–Trinajstić information content (AvgIpc) is 2.83. The third kappa shape index (κ3) is 3.81. The first-order valence-corrected chi connectivity index (χ1v) is 8.43. The molecule has 4 nitrogen and oxygen atoms in total. The van der Waals surface area contributed by atoms with Gasteiger partial charge in [-0.25, -0.2) is 4.98 Å². The van der Waals surface area contributed by atoms with Crippen molar-refractivity contribution in [2.45, 2.75) is 24.9 Å². The summed E-state index contributed by atoms with van der Waals surface area (Å²) in [4.78, 5) is 15.1. The summed E-state index contributed by atoms with van der Waals surface area (Å²) in [5.74, 6) is -0.632. The number of nitrogens with zero attached hydrogens (tertiary/aromatic N) is 2. The number of carboxylic acids is 1. The molecular formula is C14H14BrClN2O2S. The molecule has 0 radical (unpaired) electrons. The molecule has 0 saturated carbocycles. The number of aliphatic carboxylic acids is 1. The molecule has 21 heavy (non-hydrogen) atoms. The minimum atomic E-state index is -0.866. The third-order valence-electron chi connectivity index (χ3n) is 2.83. The Morgan fingerprint density at radius 3 is 2.81 bits per heavy atom. The van der Waals surface area contributed by atoms with Crippen molar-refractivity contribution in [1.82, 2.24) is 9.55 Å². The van der Waals surface area contributed by atoms with Gasteiger partial charge in [0.25, 0.3) is 0 Å². The fourth-order valence-corrected chi connectivity index (χ4v) is 3.01. The zero-order valence-corrected chi connectivity index (χ0v) is 14.7. The van der Waals surface area contributed by atoms with E-state index in [1.807, 2.05) is 22.8 Å². The standard InChI is InChI=1S/C14H14BrClN2O2S/c1-8(2)12-6-17-14(21-7-13(19)20)18(12)9-3-4-10(15)11(16)5-9/h3-6,8H,7H2,1-2H3,(H,19,20). The molecule has 1 N–H and O–H groups in total. The lowest BCUT2D eigenvalue weighted by atomic mass is 10.1. The van der Waals surface area contributed by atoms with E-state index in [-0.39, 0.29) is 11.7 Å². The Labute approximate surface area is 140 Å². The Morgan fingerprint density at radius 2 is 2.24 bits per heavy atom. The zero-order chi connectivity index (χ0) is 15.6. The van der Waals surface area contributed by atoms with Crippen LogP contribution in [0.2, 0.25) is 5.02 Å². The van der Waals surface area contributed by atoms with Crippen molar-refractivity contribution in [2.24, 2.45) is 0 Å². The SMILES string of the molecule is CC(C)c1cnc(SCC(=O)O)n1-c1ccc(Br)c(Cl)c1. The van der Waals surface area contributed by atoms with Crippen molar-refractivity contribution in [2.75, 3.05) is 5.75 Å². The maximum atomic E-state index is 10.8. The summed E-state index contributed by atoms with van der Waals surface area (Å²) >= 11 is 10.7. The molecule has 2 aromatic rings. The molecule has 0 unspecified atom stereocenters. The fraction of sp³-hybridized carbons (Fsp3) is 0.286. The fourth-order valence-electron chi connectivity index (χ4n) is 1.87. The van der Waals surface area contributed by atoms with Crippen LogP contribution >= 0.6 is 39.3 Å².